The molecule has 0 aliphatic carbocycles. The van der Waals surface area contributed by atoms with E-state index < -0.39 is 0 Å². The van der Waals surface area contributed by atoms with E-state index in [0.29, 0.717) is 18.4 Å². The number of carbonyl (C=O) groups is 1. The molecule has 2 rings (SSSR count). The van der Waals surface area contributed by atoms with Crippen molar-refractivity contribution in [1.82, 2.24) is 10.3 Å². The highest BCUT2D eigenvalue weighted by Gasteiger charge is 2.19. The van der Waals surface area contributed by atoms with Crippen molar-refractivity contribution in [1.29, 1.82) is 0 Å². The Kier molecular flexibility index (Phi) is 8.02. The first kappa shape index (κ1) is 18.7. The molecule has 2 N–H and O–H groups in total. The van der Waals surface area contributed by atoms with Gasteiger partial charge >= 0.3 is 0 Å². The summed E-state index contributed by atoms with van der Waals surface area (Å²) in [6, 6.07) is 0.302. The summed E-state index contributed by atoms with van der Waals surface area (Å²) in [6.45, 7) is 7.33. The number of hydrogen-bond acceptors (Lipinski definition) is 5. The van der Waals surface area contributed by atoms with Crippen molar-refractivity contribution in [2.45, 2.75) is 39.7 Å². The van der Waals surface area contributed by atoms with Gasteiger partial charge in [-0.2, -0.15) is 11.8 Å². The number of halogens is 1. The number of amides is 1. The molecule has 0 saturated carbocycles. The van der Waals surface area contributed by atoms with E-state index in [1.165, 1.54) is 0 Å². The highest BCUT2D eigenvalue weighted by Crippen LogP contribution is 2.26. The summed E-state index contributed by atoms with van der Waals surface area (Å²) in [5, 5.41) is 8.40. The first-order valence-electron chi connectivity index (χ1n) is 7.12. The summed E-state index contributed by atoms with van der Waals surface area (Å²) in [4.78, 5) is 16.7. The Morgan fingerprint density at radius 3 is 2.90 bits per heavy atom. The smallest absolute Gasteiger partial charge is 0.226 e. The summed E-state index contributed by atoms with van der Waals surface area (Å²) in [5.41, 5.74) is 1.03. The van der Waals surface area contributed by atoms with Crippen LogP contribution in [0.3, 0.4) is 0 Å². The number of aromatic nitrogens is 1. The van der Waals surface area contributed by atoms with E-state index in [0.717, 1.165) is 40.2 Å². The third kappa shape index (κ3) is 6.14. The minimum Gasteiger partial charge on any atom is -0.316 e. The lowest BCUT2D eigenvalue weighted by Gasteiger charge is -2.22. The van der Waals surface area contributed by atoms with Crippen LogP contribution in [0.4, 0.5) is 5.00 Å². The van der Waals surface area contributed by atoms with Gasteiger partial charge in [0.15, 0.2) is 0 Å². The fourth-order valence-corrected chi connectivity index (χ4v) is 4.06. The number of nitrogens with one attached hydrogen (secondary N) is 2. The van der Waals surface area contributed by atoms with Crippen LogP contribution in [-0.4, -0.2) is 35.0 Å². The molecular formula is C14H24ClN3OS2. The number of thiazole rings is 1. The molecule has 1 atom stereocenters. The number of anilines is 1. The maximum Gasteiger partial charge on any atom is 0.226 e. The predicted octanol–water partition coefficient (Wildman–Crippen LogP) is 3.11. The Balaban J connectivity index is 0.00000220. The highest BCUT2D eigenvalue weighted by molar-refractivity contribution is 7.99. The summed E-state index contributed by atoms with van der Waals surface area (Å²) in [5.74, 6) is 2.81. The Morgan fingerprint density at radius 1 is 1.52 bits per heavy atom. The van der Waals surface area contributed by atoms with Gasteiger partial charge in [-0.25, -0.2) is 4.98 Å². The monoisotopic (exact) mass is 349 g/mol. The average Bonchev–Trinajstić information content (AvgIpc) is 2.69. The number of hydrogen-bond donors (Lipinski definition) is 2. The van der Waals surface area contributed by atoms with Gasteiger partial charge in [0, 0.05) is 30.5 Å². The molecule has 120 valence electrons. The number of carbonyl (C=O) groups excluding carboxylic acids is 1. The van der Waals surface area contributed by atoms with Crippen molar-refractivity contribution in [3.05, 3.63) is 10.7 Å². The van der Waals surface area contributed by atoms with Crippen molar-refractivity contribution in [3.63, 3.8) is 0 Å². The van der Waals surface area contributed by atoms with Gasteiger partial charge < -0.3 is 10.6 Å². The van der Waals surface area contributed by atoms with Crippen LogP contribution >= 0.6 is 35.5 Å². The fourth-order valence-electron chi connectivity index (χ4n) is 2.25. The van der Waals surface area contributed by atoms with E-state index in [9.17, 15) is 4.79 Å². The molecule has 1 aliphatic heterocycles. The number of aryl methyl sites for hydroxylation is 1. The second-order valence-electron chi connectivity index (χ2n) is 5.58. The molecule has 1 aliphatic rings. The minimum absolute atomic E-state index is 0. The predicted molar refractivity (Wildman–Crippen MR) is 95.0 cm³/mol. The summed E-state index contributed by atoms with van der Waals surface area (Å²) < 4.78 is 0. The number of rotatable bonds is 5. The van der Waals surface area contributed by atoms with Crippen LogP contribution in [0.5, 0.6) is 0 Å². The summed E-state index contributed by atoms with van der Waals surface area (Å²) >= 11 is 3.49. The van der Waals surface area contributed by atoms with Crippen molar-refractivity contribution in [2.24, 2.45) is 5.92 Å². The second-order valence-corrected chi connectivity index (χ2v) is 7.94. The maximum absolute atomic E-state index is 12.1. The highest BCUT2D eigenvalue weighted by atomic mass is 35.5. The zero-order valence-electron chi connectivity index (χ0n) is 12.8. The lowest BCUT2D eigenvalue weighted by Crippen LogP contribution is -2.39. The van der Waals surface area contributed by atoms with E-state index in [1.54, 1.807) is 11.3 Å². The first-order valence-corrected chi connectivity index (χ1v) is 9.09. The standard InChI is InChI=1S/C14H23N3OS2.ClH/c1-9(2)6-12-14(20-10(3)16-12)17-13(18)7-11-8-19-5-4-15-11;/h9,11,15H,4-8H2,1-3H3,(H,17,18);1H. The average molecular weight is 350 g/mol. The van der Waals surface area contributed by atoms with Crippen LogP contribution in [0.1, 0.15) is 31.0 Å². The van der Waals surface area contributed by atoms with E-state index in [4.69, 9.17) is 0 Å². The molecule has 1 unspecified atom stereocenters. The third-order valence-corrected chi connectivity index (χ3v) is 5.15. The molecule has 0 radical (unpaired) electrons. The van der Waals surface area contributed by atoms with Crippen molar-refractivity contribution in [2.75, 3.05) is 23.4 Å². The molecule has 2 heterocycles. The molecule has 1 aromatic rings. The molecule has 1 aromatic heterocycles. The van der Waals surface area contributed by atoms with Gasteiger partial charge in [0.05, 0.1) is 10.7 Å². The van der Waals surface area contributed by atoms with Crippen LogP contribution in [-0.2, 0) is 11.2 Å². The molecule has 21 heavy (non-hydrogen) atoms. The number of thioether (sulfide) groups is 1. The molecule has 7 heteroatoms. The summed E-state index contributed by atoms with van der Waals surface area (Å²) in [6.07, 6.45) is 1.46. The fraction of sp³-hybridized carbons (Fsp3) is 0.714. The number of nitrogens with zero attached hydrogens (tertiary/aromatic N) is 1. The van der Waals surface area contributed by atoms with Crippen LogP contribution in [0.15, 0.2) is 0 Å². The topological polar surface area (TPSA) is 54.0 Å². The van der Waals surface area contributed by atoms with Gasteiger partial charge in [-0.15, -0.1) is 23.7 Å². The second kappa shape index (κ2) is 8.98. The lowest BCUT2D eigenvalue weighted by atomic mass is 10.1. The molecule has 0 spiro atoms. The molecule has 1 saturated heterocycles. The van der Waals surface area contributed by atoms with E-state index in [2.05, 4.69) is 29.5 Å². The largest absolute Gasteiger partial charge is 0.316 e. The van der Waals surface area contributed by atoms with E-state index in [-0.39, 0.29) is 18.3 Å². The SMILES string of the molecule is Cc1nc(CC(C)C)c(NC(=O)CC2CSCCN2)s1.Cl. The molecular weight excluding hydrogens is 326 g/mol. The van der Waals surface area contributed by atoms with E-state index >= 15 is 0 Å². The van der Waals surface area contributed by atoms with Gasteiger partial charge in [-0.05, 0) is 19.3 Å². The maximum atomic E-state index is 12.1. The minimum atomic E-state index is 0. The van der Waals surface area contributed by atoms with Crippen LogP contribution < -0.4 is 10.6 Å². The molecule has 4 nitrogen and oxygen atoms in total. The van der Waals surface area contributed by atoms with Crippen molar-refractivity contribution in [3.8, 4) is 0 Å². The van der Waals surface area contributed by atoms with Gasteiger partial charge in [-0.3, -0.25) is 4.79 Å². The zero-order chi connectivity index (χ0) is 14.5. The van der Waals surface area contributed by atoms with Gasteiger partial charge in [0.2, 0.25) is 5.91 Å². The zero-order valence-corrected chi connectivity index (χ0v) is 15.2. The van der Waals surface area contributed by atoms with Crippen molar-refractivity contribution >= 4 is 46.4 Å². The van der Waals surface area contributed by atoms with Crippen LogP contribution in [0.2, 0.25) is 0 Å². The Hall–Kier alpha value is -0.300. The third-order valence-electron chi connectivity index (χ3n) is 3.09. The molecule has 0 bridgehead atoms. The van der Waals surface area contributed by atoms with Crippen LogP contribution in [0, 0.1) is 12.8 Å². The van der Waals surface area contributed by atoms with Crippen molar-refractivity contribution < 1.29 is 4.79 Å². The molecule has 0 aromatic carbocycles. The quantitative estimate of drug-likeness (QED) is 0.857. The Bertz CT molecular complexity index is 459. The normalized spacial score (nSPS) is 18.4. The Morgan fingerprint density at radius 2 is 2.29 bits per heavy atom. The van der Waals surface area contributed by atoms with Gasteiger partial charge in [-0.1, -0.05) is 13.8 Å². The molecule has 1 amide bonds. The summed E-state index contributed by atoms with van der Waals surface area (Å²) in [7, 11) is 0. The van der Waals surface area contributed by atoms with Gasteiger partial charge in [0.1, 0.15) is 5.00 Å². The van der Waals surface area contributed by atoms with Crippen LogP contribution in [0.25, 0.3) is 0 Å². The van der Waals surface area contributed by atoms with Gasteiger partial charge in [0.25, 0.3) is 0 Å². The lowest BCUT2D eigenvalue weighted by molar-refractivity contribution is -0.116. The molecule has 1 fully saturated rings. The van der Waals surface area contributed by atoms with E-state index in [1.807, 2.05) is 18.7 Å². The first-order chi connectivity index (χ1) is 9.54. The Labute approximate surface area is 141 Å².